The van der Waals surface area contributed by atoms with E-state index in [1.54, 1.807) is 41.5 Å². The van der Waals surface area contributed by atoms with Crippen LogP contribution in [-0.2, 0) is 71.4 Å². The molecule has 592 valence electrons. The van der Waals surface area contributed by atoms with Crippen molar-refractivity contribution in [2.75, 3.05) is 39.6 Å². The molecule has 8 heterocycles. The molecule has 4 aromatic heterocycles. The van der Waals surface area contributed by atoms with E-state index in [1.807, 2.05) is 41.4 Å². The third-order valence-corrected chi connectivity index (χ3v) is 17.8. The Kier molecular flexibility index (Phi) is 32.5. The summed E-state index contributed by atoms with van der Waals surface area (Å²) >= 11 is 7.17. The molecule has 0 bridgehead atoms. The number of carbonyl (C=O) groups excluding carboxylic acids is 4. The highest BCUT2D eigenvalue weighted by Gasteiger charge is 2.53. The number of hydrogen-bond acceptors (Lipinski definition) is 28. The summed E-state index contributed by atoms with van der Waals surface area (Å²) in [4.78, 5) is 146. The molecule has 7 aromatic rings. The Balaban J connectivity index is 0.000000191. The molecular formula is C72H89ClN8O28. The first-order valence-electron chi connectivity index (χ1n) is 34.7. The van der Waals surface area contributed by atoms with Gasteiger partial charge in [0, 0.05) is 87.9 Å². The van der Waals surface area contributed by atoms with E-state index in [9.17, 15) is 83.1 Å². The van der Waals surface area contributed by atoms with Crippen LogP contribution in [0.1, 0.15) is 114 Å². The van der Waals surface area contributed by atoms with Crippen molar-refractivity contribution in [3.05, 3.63) is 240 Å². The Hall–Kier alpha value is -9.93. The molecule has 4 aliphatic rings. The first kappa shape index (κ1) is 86.3. The zero-order valence-electron chi connectivity index (χ0n) is 60.3. The quantitative estimate of drug-likeness (QED) is 0.0175. The number of aryl methyl sites for hydroxylation is 1. The number of aromatic amines is 4. The number of H-pyrrole nitrogens is 4. The Bertz CT molecular complexity index is 4560. The van der Waals surface area contributed by atoms with Crippen LogP contribution in [0.2, 0.25) is 0 Å². The summed E-state index contributed by atoms with van der Waals surface area (Å²) in [5.41, 5.74) is -0.775. The van der Waals surface area contributed by atoms with Gasteiger partial charge >= 0.3 is 46.6 Å². The summed E-state index contributed by atoms with van der Waals surface area (Å²) in [6, 6.07) is 33.4. The van der Waals surface area contributed by atoms with Gasteiger partial charge in [-0.1, -0.05) is 118 Å². The minimum atomic E-state index is -1.35. The van der Waals surface area contributed by atoms with Crippen molar-refractivity contribution < 1.29 is 97.2 Å². The number of halogens is 1. The van der Waals surface area contributed by atoms with Crippen LogP contribution in [0.3, 0.4) is 0 Å². The lowest BCUT2D eigenvalue weighted by Crippen LogP contribution is -2.42. The zero-order chi connectivity index (χ0) is 79.8. The van der Waals surface area contributed by atoms with E-state index >= 15 is 0 Å². The molecule has 4 aliphatic heterocycles. The Labute approximate surface area is 624 Å². The third kappa shape index (κ3) is 22.2. The first-order chi connectivity index (χ1) is 52.1. The summed E-state index contributed by atoms with van der Waals surface area (Å²) in [6.07, 6.45) is -12.1. The van der Waals surface area contributed by atoms with Crippen LogP contribution in [0.15, 0.2) is 172 Å². The number of aliphatic hydroxyl groups excluding tert-OH is 6. The van der Waals surface area contributed by atoms with E-state index in [0.717, 1.165) is 65.4 Å². The van der Waals surface area contributed by atoms with E-state index < -0.39 is 185 Å². The van der Waals surface area contributed by atoms with E-state index in [2.05, 4.69) is 70.4 Å². The minimum absolute atomic E-state index is 0.0575. The summed E-state index contributed by atoms with van der Waals surface area (Å²) in [5, 5.41) is 57.3. The molecule has 109 heavy (non-hydrogen) atoms. The van der Waals surface area contributed by atoms with Gasteiger partial charge in [0.1, 0.15) is 53.7 Å². The van der Waals surface area contributed by atoms with Gasteiger partial charge in [-0.2, -0.15) is 0 Å². The highest BCUT2D eigenvalue weighted by Crippen LogP contribution is 2.43. The number of nitrogens with one attached hydrogen (secondary N) is 4. The van der Waals surface area contributed by atoms with Crippen molar-refractivity contribution in [2.24, 2.45) is 0 Å². The normalized spacial score (nSPS) is 24.6. The Morgan fingerprint density at radius 1 is 0.394 bits per heavy atom. The van der Waals surface area contributed by atoms with E-state index in [1.165, 1.54) is 24.2 Å². The molecule has 0 amide bonds. The molecule has 0 saturated carbocycles. The number of alkyl halides is 1. The van der Waals surface area contributed by atoms with Crippen molar-refractivity contribution in [3.8, 4) is 0 Å². The largest absolute Gasteiger partial charge is 0.455 e. The van der Waals surface area contributed by atoms with Crippen LogP contribution in [0.4, 0.5) is 0 Å². The lowest BCUT2D eigenvalue weighted by Gasteiger charge is -2.29. The number of rotatable bonds is 23. The van der Waals surface area contributed by atoms with Crippen molar-refractivity contribution >= 4 is 35.5 Å². The van der Waals surface area contributed by atoms with Gasteiger partial charge in [-0.15, -0.1) is 11.6 Å². The number of ether oxygens (including phenoxy) is 10. The summed E-state index contributed by atoms with van der Waals surface area (Å²) in [7, 11) is 0. The molecule has 37 heteroatoms. The number of benzene rings is 3. The van der Waals surface area contributed by atoms with E-state index in [4.69, 9.17) is 64.1 Å². The summed E-state index contributed by atoms with van der Waals surface area (Å²) < 4.78 is 58.0. The van der Waals surface area contributed by atoms with Gasteiger partial charge in [0.15, 0.2) is 49.3 Å². The monoisotopic (exact) mass is 1550 g/mol. The third-order valence-electron chi connectivity index (χ3n) is 17.1. The maximum absolute atomic E-state index is 12.2. The maximum atomic E-state index is 12.2. The topological polar surface area (TPSA) is 501 Å². The molecule has 0 aliphatic carbocycles. The number of nitrogens with zero attached hydrogens (tertiary/aromatic N) is 4. The molecule has 4 fully saturated rings. The summed E-state index contributed by atoms with van der Waals surface area (Å²) in [5.74, 6) is -2.20. The number of aromatic nitrogens is 8. The van der Waals surface area contributed by atoms with Crippen LogP contribution in [0, 0.1) is 6.92 Å². The highest BCUT2D eigenvalue weighted by molar-refractivity contribution is 6.28. The fraction of sp³-hybridized carbons (Fsp3) is 0.472. The zero-order valence-corrected chi connectivity index (χ0v) is 61.1. The van der Waals surface area contributed by atoms with E-state index in [0.29, 0.717) is 13.2 Å². The molecule has 0 radical (unpaired) electrons. The lowest BCUT2D eigenvalue weighted by atomic mass is 9.84. The van der Waals surface area contributed by atoms with Crippen LogP contribution in [0.25, 0.3) is 0 Å². The fourth-order valence-corrected chi connectivity index (χ4v) is 11.8. The van der Waals surface area contributed by atoms with Crippen molar-refractivity contribution in [3.63, 3.8) is 0 Å². The lowest BCUT2D eigenvalue weighted by molar-refractivity contribution is -0.168. The van der Waals surface area contributed by atoms with Crippen molar-refractivity contribution in [1.82, 2.24) is 38.2 Å². The van der Waals surface area contributed by atoms with Gasteiger partial charge in [0.05, 0.1) is 26.4 Å². The molecule has 11 rings (SSSR count). The molecule has 3 aromatic carbocycles. The Morgan fingerprint density at radius 3 is 1.02 bits per heavy atom. The Morgan fingerprint density at radius 2 is 0.688 bits per heavy atom. The van der Waals surface area contributed by atoms with Gasteiger partial charge in [-0.05, 0) is 37.5 Å². The molecule has 36 nitrogen and oxygen atoms in total. The number of aliphatic hydroxyl groups is 6. The molecule has 10 N–H and O–H groups in total. The first-order valence-corrected chi connectivity index (χ1v) is 35.1. The van der Waals surface area contributed by atoms with Crippen molar-refractivity contribution in [2.45, 2.75) is 177 Å². The van der Waals surface area contributed by atoms with Crippen LogP contribution in [-0.4, -0.2) is 206 Å². The number of carbonyl (C=O) groups is 4. The SMILES string of the molecule is CCC(=O)OC1[C@@H](CO)O[C@@H](n2ccc(=O)[nH]c2=O)[C@H]1OC(=O)CC.CCOC[C@H]1O[C@@H](n2ccc(=O)[nH]c2=O)[C@@H](O)C1O.CCOC[C@H]1O[C@@H](n2ccc(=O)[nH]c2=O)[C@@H](OC(=O)CC)C1OC(=O)CC.Cc1ccc(C(Cl)(c2ccccc2)c2ccccc2)cc1.O=c1ccn([C@@H]2O[C@H](CO)C(O)[C@@H]2O)c(=O)[nH]1. The standard InChI is InChI=1S/C20H17Cl.C17H24N2O8.C15H20N2O8.C11H16N2O6.C9H12N2O6/c1-16-12-14-19(15-13-16)20(21,17-8-4-2-5-9-17)18-10-6-3-7-11-18;1-4-12(21)26-14-10(9-24-6-3)25-16(15(14)27-13(22)5-2)19-8-7-11(20)18-17(19)23;1-3-10(20)24-12-8(7-18)23-14(13(12)25-11(21)4-2)17-6-5-9(19)16-15(17)22;1-2-18-5-6-8(15)9(16)10(19-6)13-4-3-7(14)12-11(13)17;12-3-4-6(14)7(15)8(17-4)11-2-1-5(13)10-9(11)16/h2-15H,1H3;7-8,10,14-16H,4-6,9H2,1-3H3,(H,18,20,23);5-6,8,12-14,18H,3-4,7H2,1-2H3,(H,16,19,22);3-4,6,8-10,15-16H,2,5H2,1H3,(H,12,14,17);1-2,4,6-8,12,14-15H,3H2,(H,10,13,16)/t;10-,14?,15+,16-;8-,12?,13+,14-;6-,8?,9+,10-;4-,6?,7+,8-/m.1111/s1. The predicted molar refractivity (Wildman–Crippen MR) is 383 cm³/mol. The van der Waals surface area contributed by atoms with Crippen molar-refractivity contribution in [1.29, 1.82) is 0 Å². The average Bonchev–Trinajstić information content (AvgIpc) is 1.36. The van der Waals surface area contributed by atoms with Gasteiger partial charge in [0.25, 0.3) is 22.2 Å². The number of esters is 4. The molecule has 4 saturated heterocycles. The average molecular weight is 1550 g/mol. The van der Waals surface area contributed by atoms with Gasteiger partial charge < -0.3 is 78.0 Å². The van der Waals surface area contributed by atoms with Crippen LogP contribution < -0.4 is 45.0 Å². The van der Waals surface area contributed by atoms with Gasteiger partial charge in [-0.25, -0.2) is 19.2 Å². The maximum Gasteiger partial charge on any atom is 0.330 e. The highest BCUT2D eigenvalue weighted by atomic mass is 35.5. The second-order valence-corrected chi connectivity index (χ2v) is 25.0. The van der Waals surface area contributed by atoms with E-state index in [-0.39, 0.29) is 38.9 Å². The second-order valence-electron chi connectivity index (χ2n) is 24.5. The van der Waals surface area contributed by atoms with Gasteiger partial charge in [-0.3, -0.25) is 76.6 Å². The molecule has 4 unspecified atom stereocenters. The summed E-state index contributed by atoms with van der Waals surface area (Å²) in [6.45, 7) is 12.1. The second kappa shape index (κ2) is 41.0. The van der Waals surface area contributed by atoms with Crippen LogP contribution in [0.5, 0.6) is 0 Å². The fourth-order valence-electron chi connectivity index (χ4n) is 11.4. The number of hydrogen-bond donors (Lipinski definition) is 10. The minimum Gasteiger partial charge on any atom is -0.455 e. The van der Waals surface area contributed by atoms with Gasteiger partial charge in [0.2, 0.25) is 0 Å². The predicted octanol–water partition coefficient (Wildman–Crippen LogP) is 0.0501. The molecule has 16 atom stereocenters. The molecule has 0 spiro atoms. The smallest absolute Gasteiger partial charge is 0.330 e. The van der Waals surface area contributed by atoms with Crippen LogP contribution >= 0.6 is 11.6 Å². The molecular weight excluding hydrogens is 1460 g/mol.